The quantitative estimate of drug-likeness (QED) is 0.833. The number of benzene rings is 1. The standard InChI is InChI=1S/C14H15NOS/c1-9-6-7-17-14(9)13-8-11(15)10-4-2-3-5-12(10)16-13/h2-7,11,13H,8,15H2,1H3/t11-,13?/m0/s1. The van der Waals surface area contributed by atoms with E-state index in [4.69, 9.17) is 10.5 Å². The van der Waals surface area contributed by atoms with Gasteiger partial charge in [-0.05, 0) is 30.0 Å². The highest BCUT2D eigenvalue weighted by Gasteiger charge is 2.28. The fraction of sp³-hybridized carbons (Fsp3) is 0.286. The van der Waals surface area contributed by atoms with Crippen molar-refractivity contribution >= 4 is 11.3 Å². The average molecular weight is 245 g/mol. The Bertz CT molecular complexity index is 535. The number of hydrogen-bond donors (Lipinski definition) is 1. The van der Waals surface area contributed by atoms with Crippen LogP contribution in [-0.2, 0) is 0 Å². The van der Waals surface area contributed by atoms with Crippen molar-refractivity contribution in [2.45, 2.75) is 25.5 Å². The van der Waals surface area contributed by atoms with Gasteiger partial charge in [0.05, 0.1) is 0 Å². The molecule has 2 heterocycles. The van der Waals surface area contributed by atoms with Gasteiger partial charge in [0.1, 0.15) is 11.9 Å². The molecule has 3 rings (SSSR count). The molecule has 0 bridgehead atoms. The highest BCUT2D eigenvalue weighted by atomic mass is 32.1. The third kappa shape index (κ3) is 1.85. The van der Waals surface area contributed by atoms with Crippen LogP contribution in [0.1, 0.15) is 34.6 Å². The number of nitrogens with two attached hydrogens (primary N) is 1. The number of ether oxygens (including phenoxy) is 1. The molecule has 1 aliphatic rings. The van der Waals surface area contributed by atoms with Crippen LogP contribution in [0.2, 0.25) is 0 Å². The molecule has 3 heteroatoms. The summed E-state index contributed by atoms with van der Waals surface area (Å²) in [5.41, 5.74) is 8.64. The second kappa shape index (κ2) is 4.17. The summed E-state index contributed by atoms with van der Waals surface area (Å²) >= 11 is 1.75. The minimum Gasteiger partial charge on any atom is -0.484 e. The van der Waals surface area contributed by atoms with Crippen LogP contribution in [0.15, 0.2) is 35.7 Å². The summed E-state index contributed by atoms with van der Waals surface area (Å²) in [5.74, 6) is 0.934. The van der Waals surface area contributed by atoms with E-state index in [1.165, 1.54) is 10.4 Å². The van der Waals surface area contributed by atoms with Crippen LogP contribution >= 0.6 is 11.3 Å². The molecular formula is C14H15NOS. The van der Waals surface area contributed by atoms with Gasteiger partial charge in [0.15, 0.2) is 0 Å². The molecule has 1 aliphatic heterocycles. The lowest BCUT2D eigenvalue weighted by atomic mass is 9.96. The van der Waals surface area contributed by atoms with Gasteiger partial charge in [-0.25, -0.2) is 0 Å². The van der Waals surface area contributed by atoms with Crippen molar-refractivity contribution in [2.75, 3.05) is 0 Å². The first-order valence-electron chi connectivity index (χ1n) is 5.81. The predicted molar refractivity (Wildman–Crippen MR) is 70.4 cm³/mol. The molecule has 0 fully saturated rings. The van der Waals surface area contributed by atoms with Crippen molar-refractivity contribution in [3.05, 3.63) is 51.7 Å². The molecule has 0 saturated carbocycles. The van der Waals surface area contributed by atoms with E-state index < -0.39 is 0 Å². The molecular weight excluding hydrogens is 230 g/mol. The zero-order valence-electron chi connectivity index (χ0n) is 9.72. The third-order valence-corrected chi connectivity index (χ3v) is 4.36. The predicted octanol–water partition coefficient (Wildman–Crippen LogP) is 3.58. The van der Waals surface area contributed by atoms with Crippen LogP contribution in [0, 0.1) is 6.92 Å². The largest absolute Gasteiger partial charge is 0.484 e. The van der Waals surface area contributed by atoms with E-state index in [0.717, 1.165) is 17.7 Å². The zero-order chi connectivity index (χ0) is 11.8. The number of rotatable bonds is 1. The van der Waals surface area contributed by atoms with Crippen molar-refractivity contribution in [3.63, 3.8) is 0 Å². The fourth-order valence-corrected chi connectivity index (χ4v) is 3.30. The van der Waals surface area contributed by atoms with Gasteiger partial charge in [-0.3, -0.25) is 0 Å². The SMILES string of the molecule is Cc1ccsc1C1C[C@H](N)c2ccccc2O1. The first kappa shape index (κ1) is 10.8. The van der Waals surface area contributed by atoms with Gasteiger partial charge >= 0.3 is 0 Å². The lowest BCUT2D eigenvalue weighted by Crippen LogP contribution is -2.23. The number of aryl methyl sites for hydroxylation is 1. The Morgan fingerprint density at radius 3 is 2.88 bits per heavy atom. The first-order valence-corrected chi connectivity index (χ1v) is 6.69. The Kier molecular flexibility index (Phi) is 2.65. The first-order chi connectivity index (χ1) is 8.25. The van der Waals surface area contributed by atoms with Crippen LogP contribution in [0.25, 0.3) is 0 Å². The van der Waals surface area contributed by atoms with Crippen molar-refractivity contribution < 1.29 is 4.74 Å². The van der Waals surface area contributed by atoms with Crippen LogP contribution in [0.3, 0.4) is 0 Å². The Morgan fingerprint density at radius 1 is 1.29 bits per heavy atom. The number of thiophene rings is 1. The Balaban J connectivity index is 1.96. The third-order valence-electron chi connectivity index (χ3n) is 3.25. The van der Waals surface area contributed by atoms with E-state index in [1.807, 2.05) is 18.2 Å². The van der Waals surface area contributed by atoms with Gasteiger partial charge in [0, 0.05) is 22.9 Å². The second-order valence-corrected chi connectivity index (χ2v) is 5.40. The summed E-state index contributed by atoms with van der Waals surface area (Å²) in [7, 11) is 0. The molecule has 17 heavy (non-hydrogen) atoms. The van der Waals surface area contributed by atoms with Crippen LogP contribution < -0.4 is 10.5 Å². The maximum absolute atomic E-state index is 6.22. The highest BCUT2D eigenvalue weighted by molar-refractivity contribution is 7.10. The van der Waals surface area contributed by atoms with Crippen LogP contribution in [0.4, 0.5) is 0 Å². The van der Waals surface area contributed by atoms with Gasteiger partial charge < -0.3 is 10.5 Å². The minimum atomic E-state index is 0.0754. The molecule has 0 saturated heterocycles. The molecule has 88 valence electrons. The molecule has 1 aromatic carbocycles. The molecule has 2 atom stereocenters. The van der Waals surface area contributed by atoms with Gasteiger partial charge in [-0.1, -0.05) is 18.2 Å². The Morgan fingerprint density at radius 2 is 2.12 bits per heavy atom. The van der Waals surface area contributed by atoms with E-state index in [1.54, 1.807) is 11.3 Å². The maximum Gasteiger partial charge on any atom is 0.135 e. The van der Waals surface area contributed by atoms with Crippen molar-refractivity contribution in [1.29, 1.82) is 0 Å². The van der Waals surface area contributed by atoms with Gasteiger partial charge in [0.25, 0.3) is 0 Å². The van der Waals surface area contributed by atoms with E-state index in [-0.39, 0.29) is 12.1 Å². The molecule has 0 amide bonds. The lowest BCUT2D eigenvalue weighted by molar-refractivity contribution is 0.164. The summed E-state index contributed by atoms with van der Waals surface area (Å²) in [4.78, 5) is 1.30. The second-order valence-electron chi connectivity index (χ2n) is 4.45. The minimum absolute atomic E-state index is 0.0754. The van der Waals surface area contributed by atoms with E-state index in [0.29, 0.717) is 0 Å². The molecule has 1 aromatic heterocycles. The lowest BCUT2D eigenvalue weighted by Gasteiger charge is -2.30. The van der Waals surface area contributed by atoms with Crippen LogP contribution in [0.5, 0.6) is 5.75 Å². The monoisotopic (exact) mass is 245 g/mol. The molecule has 2 N–H and O–H groups in total. The number of fused-ring (bicyclic) bond motifs is 1. The van der Waals surface area contributed by atoms with Crippen molar-refractivity contribution in [1.82, 2.24) is 0 Å². The van der Waals surface area contributed by atoms with Crippen molar-refractivity contribution in [2.24, 2.45) is 5.73 Å². The van der Waals surface area contributed by atoms with E-state index in [2.05, 4.69) is 24.4 Å². The molecule has 0 aliphatic carbocycles. The van der Waals surface area contributed by atoms with E-state index >= 15 is 0 Å². The summed E-state index contributed by atoms with van der Waals surface area (Å²) < 4.78 is 6.06. The van der Waals surface area contributed by atoms with Gasteiger partial charge in [-0.2, -0.15) is 0 Å². The van der Waals surface area contributed by atoms with Crippen LogP contribution in [-0.4, -0.2) is 0 Å². The average Bonchev–Trinajstić information content (AvgIpc) is 2.75. The molecule has 2 nitrogen and oxygen atoms in total. The Hall–Kier alpha value is -1.32. The topological polar surface area (TPSA) is 35.2 Å². The Labute approximate surface area is 105 Å². The summed E-state index contributed by atoms with van der Waals surface area (Å²) in [6, 6.07) is 10.3. The summed E-state index contributed by atoms with van der Waals surface area (Å²) in [5, 5.41) is 2.11. The highest BCUT2D eigenvalue weighted by Crippen LogP contribution is 2.41. The van der Waals surface area contributed by atoms with E-state index in [9.17, 15) is 0 Å². The summed E-state index contributed by atoms with van der Waals surface area (Å²) in [6.07, 6.45) is 0.971. The maximum atomic E-state index is 6.22. The zero-order valence-corrected chi connectivity index (χ0v) is 10.5. The molecule has 1 unspecified atom stereocenters. The van der Waals surface area contributed by atoms with Crippen molar-refractivity contribution in [3.8, 4) is 5.75 Å². The summed E-state index contributed by atoms with van der Waals surface area (Å²) in [6.45, 7) is 2.13. The fourth-order valence-electron chi connectivity index (χ4n) is 2.33. The molecule has 0 spiro atoms. The van der Waals surface area contributed by atoms with Gasteiger partial charge in [-0.15, -0.1) is 11.3 Å². The smallest absolute Gasteiger partial charge is 0.135 e. The number of para-hydroxylation sites is 1. The van der Waals surface area contributed by atoms with Gasteiger partial charge in [0.2, 0.25) is 0 Å². The molecule has 2 aromatic rings. The molecule has 0 radical (unpaired) electrons. The number of hydrogen-bond acceptors (Lipinski definition) is 3. The normalized spacial score (nSPS) is 22.9.